The molecule has 0 saturated heterocycles. The van der Waals surface area contributed by atoms with E-state index in [2.05, 4.69) is 10.3 Å². The van der Waals surface area contributed by atoms with Crippen LogP contribution in [0.1, 0.15) is 41.5 Å². The normalized spacial score (nSPS) is 11.7. The highest BCUT2D eigenvalue weighted by molar-refractivity contribution is 5.94. The standard InChI is InChI=1S/C18H22N2O3/c1-5-23-16-9-8-14(10-17(16)22-4)13(3)20-18(21)15-7-6-12(2)19-11-15/h6-11,13H,5H2,1-4H3,(H,20,21). The van der Waals surface area contributed by atoms with E-state index in [4.69, 9.17) is 9.47 Å². The Balaban J connectivity index is 2.12. The highest BCUT2D eigenvalue weighted by Gasteiger charge is 2.14. The van der Waals surface area contributed by atoms with E-state index in [-0.39, 0.29) is 11.9 Å². The second-order valence-electron chi connectivity index (χ2n) is 5.23. The van der Waals surface area contributed by atoms with Crippen LogP contribution in [0.25, 0.3) is 0 Å². The van der Waals surface area contributed by atoms with Crippen molar-refractivity contribution in [1.82, 2.24) is 10.3 Å². The molecule has 0 aliphatic rings. The molecule has 23 heavy (non-hydrogen) atoms. The molecule has 1 unspecified atom stereocenters. The summed E-state index contributed by atoms with van der Waals surface area (Å²) in [5.41, 5.74) is 2.37. The Bertz CT molecular complexity index is 668. The van der Waals surface area contributed by atoms with Crippen LogP contribution in [0, 0.1) is 6.92 Å². The third kappa shape index (κ3) is 4.22. The first kappa shape index (κ1) is 16.8. The van der Waals surface area contributed by atoms with Crippen molar-refractivity contribution in [2.45, 2.75) is 26.8 Å². The lowest BCUT2D eigenvalue weighted by Gasteiger charge is -2.17. The van der Waals surface area contributed by atoms with Gasteiger partial charge in [0.05, 0.1) is 25.3 Å². The second kappa shape index (κ2) is 7.63. The van der Waals surface area contributed by atoms with Gasteiger partial charge < -0.3 is 14.8 Å². The van der Waals surface area contributed by atoms with E-state index < -0.39 is 0 Å². The quantitative estimate of drug-likeness (QED) is 0.889. The van der Waals surface area contributed by atoms with E-state index in [1.165, 1.54) is 0 Å². The number of aromatic nitrogens is 1. The third-order valence-electron chi connectivity index (χ3n) is 3.51. The number of hydrogen-bond donors (Lipinski definition) is 1. The largest absolute Gasteiger partial charge is 0.493 e. The molecular weight excluding hydrogens is 292 g/mol. The molecule has 0 saturated carbocycles. The van der Waals surface area contributed by atoms with Crippen LogP contribution < -0.4 is 14.8 Å². The number of amides is 1. The predicted molar refractivity (Wildman–Crippen MR) is 89.0 cm³/mol. The fourth-order valence-corrected chi connectivity index (χ4v) is 2.19. The lowest BCUT2D eigenvalue weighted by molar-refractivity contribution is 0.0939. The van der Waals surface area contributed by atoms with Gasteiger partial charge in [-0.1, -0.05) is 6.07 Å². The van der Waals surface area contributed by atoms with Crippen LogP contribution in [0.15, 0.2) is 36.5 Å². The van der Waals surface area contributed by atoms with Gasteiger partial charge in [-0.05, 0) is 50.6 Å². The third-order valence-corrected chi connectivity index (χ3v) is 3.51. The zero-order chi connectivity index (χ0) is 16.8. The number of carbonyl (C=O) groups is 1. The van der Waals surface area contributed by atoms with Gasteiger partial charge in [-0.15, -0.1) is 0 Å². The number of carbonyl (C=O) groups excluding carboxylic acids is 1. The summed E-state index contributed by atoms with van der Waals surface area (Å²) in [6.07, 6.45) is 1.58. The van der Waals surface area contributed by atoms with Crippen molar-refractivity contribution >= 4 is 5.91 Å². The summed E-state index contributed by atoms with van der Waals surface area (Å²) < 4.78 is 10.8. The van der Waals surface area contributed by atoms with Crippen molar-refractivity contribution in [2.24, 2.45) is 0 Å². The van der Waals surface area contributed by atoms with E-state index in [1.807, 2.05) is 45.0 Å². The van der Waals surface area contributed by atoms with Gasteiger partial charge in [-0.2, -0.15) is 0 Å². The number of rotatable bonds is 6. The summed E-state index contributed by atoms with van der Waals surface area (Å²) in [7, 11) is 1.60. The molecule has 1 heterocycles. The maximum absolute atomic E-state index is 12.3. The van der Waals surface area contributed by atoms with Gasteiger partial charge in [0.2, 0.25) is 0 Å². The molecule has 1 amide bonds. The van der Waals surface area contributed by atoms with Crippen LogP contribution in [0.4, 0.5) is 0 Å². The van der Waals surface area contributed by atoms with Gasteiger partial charge in [-0.25, -0.2) is 0 Å². The number of aryl methyl sites for hydroxylation is 1. The summed E-state index contributed by atoms with van der Waals surface area (Å²) in [5.74, 6) is 1.19. The van der Waals surface area contributed by atoms with Crippen molar-refractivity contribution in [3.8, 4) is 11.5 Å². The first-order valence-electron chi connectivity index (χ1n) is 7.59. The number of nitrogens with one attached hydrogen (secondary N) is 1. The Kier molecular flexibility index (Phi) is 5.57. The van der Waals surface area contributed by atoms with Gasteiger partial charge in [0.25, 0.3) is 5.91 Å². The minimum absolute atomic E-state index is 0.155. The van der Waals surface area contributed by atoms with Crippen molar-refractivity contribution in [2.75, 3.05) is 13.7 Å². The summed E-state index contributed by atoms with van der Waals surface area (Å²) in [6.45, 7) is 6.30. The van der Waals surface area contributed by atoms with Gasteiger partial charge in [0, 0.05) is 11.9 Å². The van der Waals surface area contributed by atoms with Crippen LogP contribution in [0.5, 0.6) is 11.5 Å². The Labute approximate surface area is 136 Å². The maximum atomic E-state index is 12.3. The summed E-state index contributed by atoms with van der Waals surface area (Å²) in [6, 6.07) is 9.08. The topological polar surface area (TPSA) is 60.5 Å². The van der Waals surface area contributed by atoms with E-state index >= 15 is 0 Å². The number of ether oxygens (including phenoxy) is 2. The average molecular weight is 314 g/mol. The minimum Gasteiger partial charge on any atom is -0.493 e. The van der Waals surface area contributed by atoms with Gasteiger partial charge in [0.15, 0.2) is 11.5 Å². The van der Waals surface area contributed by atoms with Crippen LogP contribution >= 0.6 is 0 Å². The summed E-state index contributed by atoms with van der Waals surface area (Å²) in [4.78, 5) is 16.4. The fourth-order valence-electron chi connectivity index (χ4n) is 2.19. The molecular formula is C18H22N2O3. The van der Waals surface area contributed by atoms with Crippen molar-refractivity contribution in [3.63, 3.8) is 0 Å². The Morgan fingerprint density at radius 3 is 2.65 bits per heavy atom. The zero-order valence-corrected chi connectivity index (χ0v) is 13.9. The van der Waals surface area contributed by atoms with Gasteiger partial charge in [0.1, 0.15) is 0 Å². The van der Waals surface area contributed by atoms with E-state index in [1.54, 1.807) is 19.4 Å². The molecule has 5 heteroatoms. The lowest BCUT2D eigenvalue weighted by Crippen LogP contribution is -2.26. The van der Waals surface area contributed by atoms with Crippen LogP contribution in [-0.4, -0.2) is 24.6 Å². The smallest absolute Gasteiger partial charge is 0.253 e. The molecule has 0 aliphatic heterocycles. The Morgan fingerprint density at radius 1 is 1.26 bits per heavy atom. The Morgan fingerprint density at radius 2 is 2.04 bits per heavy atom. The molecule has 1 aromatic heterocycles. The molecule has 0 spiro atoms. The molecule has 0 radical (unpaired) electrons. The molecule has 0 fully saturated rings. The number of methoxy groups -OCH3 is 1. The minimum atomic E-state index is -0.159. The second-order valence-corrected chi connectivity index (χ2v) is 5.23. The average Bonchev–Trinajstić information content (AvgIpc) is 2.55. The van der Waals surface area contributed by atoms with Crippen LogP contribution in [0.2, 0.25) is 0 Å². The predicted octanol–water partition coefficient (Wildman–Crippen LogP) is 3.29. The zero-order valence-electron chi connectivity index (χ0n) is 13.9. The molecule has 122 valence electrons. The molecule has 1 N–H and O–H groups in total. The van der Waals surface area contributed by atoms with Gasteiger partial charge >= 0.3 is 0 Å². The van der Waals surface area contributed by atoms with E-state index in [0.717, 1.165) is 11.3 Å². The molecule has 1 aromatic carbocycles. The van der Waals surface area contributed by atoms with Crippen molar-refractivity contribution in [1.29, 1.82) is 0 Å². The van der Waals surface area contributed by atoms with Gasteiger partial charge in [-0.3, -0.25) is 9.78 Å². The van der Waals surface area contributed by atoms with Crippen molar-refractivity contribution in [3.05, 3.63) is 53.3 Å². The van der Waals surface area contributed by atoms with Crippen molar-refractivity contribution < 1.29 is 14.3 Å². The highest BCUT2D eigenvalue weighted by atomic mass is 16.5. The number of hydrogen-bond acceptors (Lipinski definition) is 4. The van der Waals surface area contributed by atoms with E-state index in [0.29, 0.717) is 23.7 Å². The summed E-state index contributed by atoms with van der Waals surface area (Å²) >= 11 is 0. The molecule has 5 nitrogen and oxygen atoms in total. The molecule has 0 aliphatic carbocycles. The molecule has 0 bridgehead atoms. The first-order valence-corrected chi connectivity index (χ1v) is 7.59. The molecule has 2 aromatic rings. The molecule has 1 atom stereocenters. The lowest BCUT2D eigenvalue weighted by atomic mass is 10.1. The number of nitrogens with zero attached hydrogens (tertiary/aromatic N) is 1. The fraction of sp³-hybridized carbons (Fsp3) is 0.333. The summed E-state index contributed by atoms with van der Waals surface area (Å²) in [5, 5.41) is 2.96. The number of pyridine rings is 1. The first-order chi connectivity index (χ1) is 11.0. The maximum Gasteiger partial charge on any atom is 0.253 e. The van der Waals surface area contributed by atoms with E-state index in [9.17, 15) is 4.79 Å². The van der Waals surface area contributed by atoms with Crippen LogP contribution in [-0.2, 0) is 0 Å². The SMILES string of the molecule is CCOc1ccc(C(C)NC(=O)c2ccc(C)nc2)cc1OC. The number of benzene rings is 1. The molecule has 2 rings (SSSR count). The highest BCUT2D eigenvalue weighted by Crippen LogP contribution is 2.30. The Hall–Kier alpha value is -2.56. The monoisotopic (exact) mass is 314 g/mol. The van der Waals surface area contributed by atoms with Crippen LogP contribution in [0.3, 0.4) is 0 Å².